The molecule has 0 bridgehead atoms. The zero-order valence-corrected chi connectivity index (χ0v) is 15.6. The van der Waals surface area contributed by atoms with Crippen LogP contribution in [0.1, 0.15) is 59.4 Å². The number of benzene rings is 1. The molecule has 0 spiro atoms. The molecule has 2 heterocycles. The molecule has 0 saturated carbocycles. The van der Waals surface area contributed by atoms with Crippen molar-refractivity contribution in [3.8, 4) is 5.69 Å². The van der Waals surface area contributed by atoms with Crippen LogP contribution in [0.25, 0.3) is 5.69 Å². The van der Waals surface area contributed by atoms with E-state index < -0.39 is 12.0 Å². The van der Waals surface area contributed by atoms with E-state index in [0.717, 1.165) is 55.5 Å². The largest absolute Gasteiger partial charge is 0.480 e. The van der Waals surface area contributed by atoms with Crippen LogP contribution < -0.4 is 0 Å². The first kappa shape index (κ1) is 17.8. The number of carbonyl (C=O) groups is 2. The predicted octanol–water partition coefficient (Wildman–Crippen LogP) is 3.14. The zero-order chi connectivity index (χ0) is 19.0. The smallest absolute Gasteiger partial charge is 0.326 e. The number of aromatic nitrogens is 2. The lowest BCUT2D eigenvalue weighted by Crippen LogP contribution is -2.48. The van der Waals surface area contributed by atoms with Crippen LogP contribution in [0.5, 0.6) is 0 Å². The average Bonchev–Trinajstić information content (AvgIpc) is 3.08. The number of amides is 1. The summed E-state index contributed by atoms with van der Waals surface area (Å²) in [6.07, 6.45) is 6.05. The molecule has 4 rings (SSSR count). The molecule has 1 aliphatic carbocycles. The summed E-state index contributed by atoms with van der Waals surface area (Å²) in [5, 5.41) is 14.2. The van der Waals surface area contributed by atoms with Crippen molar-refractivity contribution in [1.29, 1.82) is 0 Å². The molecule has 1 aliphatic heterocycles. The van der Waals surface area contributed by atoms with Crippen LogP contribution in [0.4, 0.5) is 0 Å². The summed E-state index contributed by atoms with van der Waals surface area (Å²) in [6.45, 7) is 2.53. The van der Waals surface area contributed by atoms with Crippen LogP contribution in [0, 0.1) is 6.92 Å². The second kappa shape index (κ2) is 7.18. The van der Waals surface area contributed by atoms with Crippen LogP contribution in [-0.2, 0) is 17.6 Å². The van der Waals surface area contributed by atoms with Gasteiger partial charge in [-0.05, 0) is 64.0 Å². The topological polar surface area (TPSA) is 75.4 Å². The highest BCUT2D eigenvalue weighted by molar-refractivity contribution is 5.96. The van der Waals surface area contributed by atoms with E-state index >= 15 is 0 Å². The Morgan fingerprint density at radius 3 is 2.56 bits per heavy atom. The standard InChI is InChI=1S/C21H25N3O3/c1-14-9-11-15(12-10-14)24-17-7-3-2-6-16(17)19(22-24)20(25)23-13-5-4-8-18(23)21(26)27/h9-12,18H,2-8,13H2,1H3,(H,26,27). The molecule has 1 aromatic carbocycles. The van der Waals surface area contributed by atoms with Crippen molar-refractivity contribution in [2.45, 2.75) is 57.9 Å². The molecule has 6 nitrogen and oxygen atoms in total. The monoisotopic (exact) mass is 367 g/mol. The molecule has 1 aromatic heterocycles. The molecule has 2 aromatic rings. The van der Waals surface area contributed by atoms with E-state index in [1.54, 1.807) is 0 Å². The number of fused-ring (bicyclic) bond motifs is 1. The number of piperidine rings is 1. The van der Waals surface area contributed by atoms with E-state index in [0.29, 0.717) is 18.7 Å². The number of carboxylic acids is 1. The minimum Gasteiger partial charge on any atom is -0.480 e. The van der Waals surface area contributed by atoms with Gasteiger partial charge in [-0.25, -0.2) is 9.48 Å². The number of carboxylic acid groups (broad SMARTS) is 1. The van der Waals surface area contributed by atoms with Crippen molar-refractivity contribution in [2.75, 3.05) is 6.54 Å². The molecule has 142 valence electrons. The highest BCUT2D eigenvalue weighted by Gasteiger charge is 2.36. The van der Waals surface area contributed by atoms with Gasteiger partial charge in [0.2, 0.25) is 0 Å². The summed E-state index contributed by atoms with van der Waals surface area (Å²) in [6, 6.07) is 7.38. The van der Waals surface area contributed by atoms with Crippen LogP contribution in [0.15, 0.2) is 24.3 Å². The number of aryl methyl sites for hydroxylation is 1. The molecule has 1 fully saturated rings. The van der Waals surface area contributed by atoms with Gasteiger partial charge in [-0.3, -0.25) is 4.79 Å². The fourth-order valence-corrected chi connectivity index (χ4v) is 4.24. The first-order valence-electron chi connectivity index (χ1n) is 9.78. The molecule has 1 unspecified atom stereocenters. The van der Waals surface area contributed by atoms with Crippen LogP contribution in [0.3, 0.4) is 0 Å². The third-order valence-corrected chi connectivity index (χ3v) is 5.71. The van der Waals surface area contributed by atoms with E-state index in [1.165, 1.54) is 10.5 Å². The minimum atomic E-state index is -0.921. The Hall–Kier alpha value is -2.63. The van der Waals surface area contributed by atoms with Crippen LogP contribution >= 0.6 is 0 Å². The molecule has 2 aliphatic rings. The average molecular weight is 367 g/mol. The SMILES string of the molecule is Cc1ccc(-n2nc(C(=O)N3CCCCC3C(=O)O)c3c2CCCC3)cc1. The van der Waals surface area contributed by atoms with Crippen molar-refractivity contribution in [3.63, 3.8) is 0 Å². The second-order valence-corrected chi connectivity index (χ2v) is 7.58. The zero-order valence-electron chi connectivity index (χ0n) is 15.6. The van der Waals surface area contributed by atoms with Gasteiger partial charge in [-0.2, -0.15) is 5.10 Å². The predicted molar refractivity (Wildman–Crippen MR) is 101 cm³/mol. The Labute approximate surface area is 158 Å². The number of aliphatic carboxylic acids is 1. The maximum atomic E-state index is 13.3. The highest BCUT2D eigenvalue weighted by Crippen LogP contribution is 2.29. The van der Waals surface area contributed by atoms with Gasteiger partial charge in [-0.15, -0.1) is 0 Å². The van der Waals surface area contributed by atoms with Crippen molar-refractivity contribution in [2.24, 2.45) is 0 Å². The molecular formula is C21H25N3O3. The van der Waals surface area contributed by atoms with E-state index in [2.05, 4.69) is 0 Å². The van der Waals surface area contributed by atoms with Crippen molar-refractivity contribution >= 4 is 11.9 Å². The van der Waals surface area contributed by atoms with Gasteiger partial charge in [0.05, 0.1) is 5.69 Å². The number of likely N-dealkylation sites (tertiary alicyclic amines) is 1. The van der Waals surface area contributed by atoms with Crippen molar-refractivity contribution < 1.29 is 14.7 Å². The first-order chi connectivity index (χ1) is 13.1. The summed E-state index contributed by atoms with van der Waals surface area (Å²) in [5.74, 6) is -1.15. The number of rotatable bonds is 3. The Morgan fingerprint density at radius 2 is 1.81 bits per heavy atom. The Balaban J connectivity index is 1.75. The number of hydrogen-bond donors (Lipinski definition) is 1. The van der Waals surface area contributed by atoms with Gasteiger partial charge in [0.1, 0.15) is 6.04 Å². The van der Waals surface area contributed by atoms with E-state index in [4.69, 9.17) is 5.10 Å². The molecule has 1 amide bonds. The number of hydrogen-bond acceptors (Lipinski definition) is 3. The van der Waals surface area contributed by atoms with Crippen LogP contribution in [-0.4, -0.2) is 44.3 Å². The number of nitrogens with zero attached hydrogens (tertiary/aromatic N) is 3. The van der Waals surface area contributed by atoms with Gasteiger partial charge in [0.15, 0.2) is 5.69 Å². The second-order valence-electron chi connectivity index (χ2n) is 7.58. The molecule has 0 radical (unpaired) electrons. The Bertz CT molecular complexity index is 870. The number of carbonyl (C=O) groups excluding carboxylic acids is 1. The quantitative estimate of drug-likeness (QED) is 0.904. The third kappa shape index (κ3) is 3.24. The lowest BCUT2D eigenvalue weighted by atomic mass is 9.94. The summed E-state index contributed by atoms with van der Waals surface area (Å²) < 4.78 is 1.89. The van der Waals surface area contributed by atoms with E-state index in [9.17, 15) is 14.7 Å². The summed E-state index contributed by atoms with van der Waals surface area (Å²) >= 11 is 0. The molecular weight excluding hydrogens is 342 g/mol. The maximum absolute atomic E-state index is 13.3. The summed E-state index contributed by atoms with van der Waals surface area (Å²) in [5.41, 5.74) is 4.66. The Kier molecular flexibility index (Phi) is 4.72. The van der Waals surface area contributed by atoms with Gasteiger partial charge in [0.25, 0.3) is 5.91 Å². The maximum Gasteiger partial charge on any atom is 0.326 e. The Morgan fingerprint density at radius 1 is 1.07 bits per heavy atom. The first-order valence-corrected chi connectivity index (χ1v) is 9.78. The lowest BCUT2D eigenvalue weighted by molar-refractivity contribution is -0.143. The molecule has 1 atom stereocenters. The fraction of sp³-hybridized carbons (Fsp3) is 0.476. The molecule has 6 heteroatoms. The van der Waals surface area contributed by atoms with Gasteiger partial charge < -0.3 is 10.0 Å². The van der Waals surface area contributed by atoms with Gasteiger partial charge in [-0.1, -0.05) is 17.7 Å². The summed E-state index contributed by atoms with van der Waals surface area (Å²) in [4.78, 5) is 26.4. The minimum absolute atomic E-state index is 0.230. The molecule has 1 saturated heterocycles. The third-order valence-electron chi connectivity index (χ3n) is 5.71. The molecule has 27 heavy (non-hydrogen) atoms. The fourth-order valence-electron chi connectivity index (χ4n) is 4.24. The van der Waals surface area contributed by atoms with Crippen molar-refractivity contribution in [1.82, 2.24) is 14.7 Å². The molecule has 1 N–H and O–H groups in total. The lowest BCUT2D eigenvalue weighted by Gasteiger charge is -2.32. The highest BCUT2D eigenvalue weighted by atomic mass is 16.4. The van der Waals surface area contributed by atoms with Crippen LogP contribution in [0.2, 0.25) is 0 Å². The summed E-state index contributed by atoms with van der Waals surface area (Å²) in [7, 11) is 0. The van der Waals surface area contributed by atoms with Crippen molar-refractivity contribution in [3.05, 3.63) is 46.8 Å². The van der Waals surface area contributed by atoms with Gasteiger partial charge in [0, 0.05) is 17.8 Å². The van der Waals surface area contributed by atoms with E-state index in [-0.39, 0.29) is 5.91 Å². The van der Waals surface area contributed by atoms with E-state index in [1.807, 2.05) is 35.9 Å². The normalized spacial score (nSPS) is 19.6. The van der Waals surface area contributed by atoms with Gasteiger partial charge >= 0.3 is 5.97 Å².